The van der Waals surface area contributed by atoms with Gasteiger partial charge in [-0.1, -0.05) is 6.07 Å². The summed E-state index contributed by atoms with van der Waals surface area (Å²) in [7, 11) is 3.19. The molecule has 0 saturated heterocycles. The zero-order valence-electron chi connectivity index (χ0n) is 13.2. The minimum Gasteiger partial charge on any atom is -0.494 e. The van der Waals surface area contributed by atoms with E-state index in [-0.39, 0.29) is 5.97 Å². The topological polar surface area (TPSA) is 47.6 Å². The van der Waals surface area contributed by atoms with Crippen LogP contribution in [0.5, 0.6) is 5.75 Å². The number of esters is 1. The number of carbonyl (C=O) groups excluding carboxylic acids is 1. The average Bonchev–Trinajstić information content (AvgIpc) is 2.98. The predicted octanol–water partition coefficient (Wildman–Crippen LogP) is 2.49. The van der Waals surface area contributed by atoms with Gasteiger partial charge in [-0.3, -0.25) is 4.79 Å². The van der Waals surface area contributed by atoms with Gasteiger partial charge in [-0.2, -0.15) is 0 Å². The maximum absolute atomic E-state index is 11.7. The molecule has 116 valence electrons. The number of aryl methyl sites for hydroxylation is 2. The van der Waals surface area contributed by atoms with Gasteiger partial charge in [-0.05, 0) is 69.3 Å². The molecular formula is C17H25NO3. The summed E-state index contributed by atoms with van der Waals surface area (Å²) in [5.74, 6) is 0.697. The fourth-order valence-electron chi connectivity index (χ4n) is 2.81. The lowest BCUT2D eigenvalue weighted by molar-refractivity contribution is -0.148. The zero-order chi connectivity index (χ0) is 15.3. The summed E-state index contributed by atoms with van der Waals surface area (Å²) < 4.78 is 10.6. The molecule has 0 aliphatic heterocycles. The van der Waals surface area contributed by atoms with E-state index in [0.717, 1.165) is 18.6 Å². The summed E-state index contributed by atoms with van der Waals surface area (Å²) in [4.78, 5) is 11.7. The van der Waals surface area contributed by atoms with Crippen molar-refractivity contribution in [2.75, 3.05) is 20.8 Å². The van der Waals surface area contributed by atoms with E-state index in [9.17, 15) is 4.79 Å². The maximum Gasteiger partial charge on any atom is 0.325 e. The molecule has 1 aliphatic carbocycles. The van der Waals surface area contributed by atoms with Crippen molar-refractivity contribution in [1.82, 2.24) is 5.32 Å². The highest BCUT2D eigenvalue weighted by Gasteiger charge is 2.31. The number of rotatable bonds is 7. The van der Waals surface area contributed by atoms with Crippen LogP contribution in [0, 0.1) is 0 Å². The van der Waals surface area contributed by atoms with Gasteiger partial charge in [0.05, 0.1) is 13.7 Å². The summed E-state index contributed by atoms with van der Waals surface area (Å²) in [5.41, 5.74) is 2.23. The molecule has 1 unspecified atom stereocenters. The molecule has 1 aliphatic rings. The van der Waals surface area contributed by atoms with Crippen molar-refractivity contribution in [1.29, 1.82) is 0 Å². The van der Waals surface area contributed by atoms with Crippen LogP contribution >= 0.6 is 0 Å². The molecule has 0 radical (unpaired) electrons. The second-order valence-corrected chi connectivity index (χ2v) is 5.81. The Labute approximate surface area is 126 Å². The first-order valence-electron chi connectivity index (χ1n) is 7.61. The Morgan fingerprint density at radius 2 is 2.10 bits per heavy atom. The van der Waals surface area contributed by atoms with Gasteiger partial charge in [-0.15, -0.1) is 0 Å². The molecule has 1 N–H and O–H groups in total. The first-order valence-corrected chi connectivity index (χ1v) is 7.61. The van der Waals surface area contributed by atoms with E-state index in [0.29, 0.717) is 13.0 Å². The highest BCUT2D eigenvalue weighted by Crippen LogP contribution is 2.26. The van der Waals surface area contributed by atoms with Gasteiger partial charge < -0.3 is 14.8 Å². The van der Waals surface area contributed by atoms with Crippen molar-refractivity contribution < 1.29 is 14.3 Å². The number of benzene rings is 1. The molecule has 0 fully saturated rings. The summed E-state index contributed by atoms with van der Waals surface area (Å²) in [6.07, 6.45) is 5.07. The Balaban J connectivity index is 1.80. The molecule has 1 atom stereocenters. The quantitative estimate of drug-likeness (QED) is 0.619. The van der Waals surface area contributed by atoms with E-state index < -0.39 is 5.54 Å². The van der Waals surface area contributed by atoms with Gasteiger partial charge in [0.1, 0.15) is 11.3 Å². The van der Waals surface area contributed by atoms with Crippen LogP contribution in [0.4, 0.5) is 0 Å². The molecule has 1 aromatic rings. The van der Waals surface area contributed by atoms with Gasteiger partial charge in [0.15, 0.2) is 0 Å². The Hall–Kier alpha value is -1.55. The van der Waals surface area contributed by atoms with E-state index in [2.05, 4.69) is 17.4 Å². The molecule has 0 aromatic heterocycles. The number of fused-ring (bicyclic) bond motifs is 1. The normalized spacial score (nSPS) is 16.1. The standard InChI is InChI=1S/C17H25NO3/c1-17(18-2,16(19)20-3)10-5-11-21-15-9-8-13-6-4-7-14(13)12-15/h8-9,12,18H,4-7,10-11H2,1-3H3. The van der Waals surface area contributed by atoms with Crippen LogP contribution in [0.25, 0.3) is 0 Å². The van der Waals surface area contributed by atoms with Gasteiger partial charge in [0, 0.05) is 0 Å². The Kier molecular flexibility index (Phi) is 5.23. The lowest BCUT2D eigenvalue weighted by Crippen LogP contribution is -2.48. The largest absolute Gasteiger partial charge is 0.494 e. The fourth-order valence-corrected chi connectivity index (χ4v) is 2.81. The molecule has 1 aromatic carbocycles. The molecule has 4 nitrogen and oxygen atoms in total. The number of ether oxygens (including phenoxy) is 2. The van der Waals surface area contributed by atoms with E-state index >= 15 is 0 Å². The number of hydrogen-bond acceptors (Lipinski definition) is 4. The maximum atomic E-state index is 11.7. The number of carbonyl (C=O) groups is 1. The monoisotopic (exact) mass is 291 g/mol. The van der Waals surface area contributed by atoms with Crippen molar-refractivity contribution in [3.05, 3.63) is 29.3 Å². The number of hydrogen-bond donors (Lipinski definition) is 1. The molecule has 2 rings (SSSR count). The molecule has 0 saturated carbocycles. The summed E-state index contributed by atoms with van der Waals surface area (Å²) >= 11 is 0. The van der Waals surface area contributed by atoms with Crippen molar-refractivity contribution in [3.8, 4) is 5.75 Å². The molecule has 0 spiro atoms. The summed E-state index contributed by atoms with van der Waals surface area (Å²) in [6.45, 7) is 2.46. The van der Waals surface area contributed by atoms with Crippen LogP contribution in [-0.2, 0) is 22.4 Å². The van der Waals surface area contributed by atoms with Gasteiger partial charge in [0.2, 0.25) is 0 Å². The van der Waals surface area contributed by atoms with Crippen molar-refractivity contribution >= 4 is 5.97 Å². The van der Waals surface area contributed by atoms with Gasteiger partial charge >= 0.3 is 5.97 Å². The number of likely N-dealkylation sites (N-methyl/N-ethyl adjacent to an activating group) is 1. The third-order valence-electron chi connectivity index (χ3n) is 4.35. The lowest BCUT2D eigenvalue weighted by atomic mass is 9.96. The smallest absolute Gasteiger partial charge is 0.325 e. The van der Waals surface area contributed by atoms with Crippen molar-refractivity contribution in [2.24, 2.45) is 0 Å². The van der Waals surface area contributed by atoms with E-state index in [1.165, 1.54) is 31.1 Å². The van der Waals surface area contributed by atoms with Crippen LogP contribution < -0.4 is 10.1 Å². The molecule has 4 heteroatoms. The highest BCUT2D eigenvalue weighted by atomic mass is 16.5. The van der Waals surface area contributed by atoms with E-state index in [4.69, 9.17) is 9.47 Å². The number of nitrogens with one attached hydrogen (secondary N) is 1. The van der Waals surface area contributed by atoms with E-state index in [1.54, 1.807) is 7.05 Å². The molecule has 0 heterocycles. The Morgan fingerprint density at radius 1 is 1.33 bits per heavy atom. The third kappa shape index (κ3) is 3.76. The van der Waals surface area contributed by atoms with Gasteiger partial charge in [-0.25, -0.2) is 0 Å². The summed E-state index contributed by atoms with van der Waals surface area (Å²) in [5, 5.41) is 3.03. The predicted molar refractivity (Wildman–Crippen MR) is 82.7 cm³/mol. The van der Waals surface area contributed by atoms with E-state index in [1.807, 2.05) is 13.0 Å². The SMILES string of the molecule is CNC(C)(CCCOc1ccc2c(c1)CCC2)C(=O)OC. The molecule has 0 bridgehead atoms. The lowest BCUT2D eigenvalue weighted by Gasteiger charge is -2.25. The Morgan fingerprint density at radius 3 is 2.81 bits per heavy atom. The fraction of sp³-hybridized carbons (Fsp3) is 0.588. The zero-order valence-corrected chi connectivity index (χ0v) is 13.2. The van der Waals surface area contributed by atoms with Crippen LogP contribution in [0.2, 0.25) is 0 Å². The minimum absolute atomic E-state index is 0.234. The second kappa shape index (κ2) is 6.94. The molecular weight excluding hydrogens is 266 g/mol. The van der Waals surface area contributed by atoms with Crippen molar-refractivity contribution in [3.63, 3.8) is 0 Å². The van der Waals surface area contributed by atoms with Crippen LogP contribution in [0.15, 0.2) is 18.2 Å². The molecule has 21 heavy (non-hydrogen) atoms. The van der Waals surface area contributed by atoms with Crippen LogP contribution in [-0.4, -0.2) is 32.3 Å². The highest BCUT2D eigenvalue weighted by molar-refractivity contribution is 5.80. The van der Waals surface area contributed by atoms with Gasteiger partial charge in [0.25, 0.3) is 0 Å². The van der Waals surface area contributed by atoms with Crippen molar-refractivity contribution in [2.45, 2.75) is 44.6 Å². The molecule has 0 amide bonds. The average molecular weight is 291 g/mol. The third-order valence-corrected chi connectivity index (χ3v) is 4.35. The second-order valence-electron chi connectivity index (χ2n) is 5.81. The Bertz CT molecular complexity index is 501. The first-order chi connectivity index (χ1) is 10.1. The van der Waals surface area contributed by atoms with Crippen LogP contribution in [0.3, 0.4) is 0 Å². The summed E-state index contributed by atoms with van der Waals surface area (Å²) in [6, 6.07) is 6.37. The number of methoxy groups -OCH3 is 1. The van der Waals surface area contributed by atoms with Crippen LogP contribution in [0.1, 0.15) is 37.3 Å². The first kappa shape index (κ1) is 15.8. The minimum atomic E-state index is -0.643.